The third-order valence-electron chi connectivity index (χ3n) is 1.63. The molecule has 0 radical (unpaired) electrons. The van der Waals surface area contributed by atoms with Crippen molar-refractivity contribution in [2.45, 2.75) is 47.0 Å². The van der Waals surface area contributed by atoms with E-state index >= 15 is 0 Å². The number of nitrogens with one attached hydrogen (secondary N) is 1. The van der Waals surface area contributed by atoms with E-state index < -0.39 is 11.4 Å². The predicted molar refractivity (Wildman–Crippen MR) is 53.2 cm³/mol. The molecule has 0 bridgehead atoms. The number of rotatable bonds is 3. The van der Waals surface area contributed by atoms with Gasteiger partial charge in [-0.2, -0.15) is 5.48 Å². The summed E-state index contributed by atoms with van der Waals surface area (Å²) in [6.07, 6.45) is 2.15. The Morgan fingerprint density at radius 1 is 1.29 bits per heavy atom. The molecular formula is C10H19NO3. The van der Waals surface area contributed by atoms with Crippen LogP contribution in [0.2, 0.25) is 0 Å². The van der Waals surface area contributed by atoms with E-state index in [1.165, 1.54) is 0 Å². The quantitative estimate of drug-likeness (QED) is 0.708. The summed E-state index contributed by atoms with van der Waals surface area (Å²) in [5.74, 6) is -0.674. The average Bonchev–Trinajstić information content (AvgIpc) is 2.09. The van der Waals surface area contributed by atoms with Gasteiger partial charge in [-0.05, 0) is 27.2 Å². The van der Waals surface area contributed by atoms with Crippen molar-refractivity contribution in [3.8, 4) is 0 Å². The van der Waals surface area contributed by atoms with Crippen LogP contribution in [0.4, 0.5) is 0 Å². The van der Waals surface area contributed by atoms with Crippen molar-refractivity contribution >= 4 is 11.9 Å². The van der Waals surface area contributed by atoms with Gasteiger partial charge in [-0.3, -0.25) is 4.79 Å². The summed E-state index contributed by atoms with van der Waals surface area (Å²) < 4.78 is 0. The zero-order valence-corrected chi connectivity index (χ0v) is 9.35. The van der Waals surface area contributed by atoms with Crippen LogP contribution in [0.15, 0.2) is 0 Å². The first kappa shape index (κ1) is 12.9. The minimum atomic E-state index is -0.585. The van der Waals surface area contributed by atoms with Crippen molar-refractivity contribution in [2.24, 2.45) is 5.41 Å². The number of amides is 1. The molecule has 0 saturated heterocycles. The second kappa shape index (κ2) is 5.62. The van der Waals surface area contributed by atoms with E-state index in [1.54, 1.807) is 20.8 Å². The van der Waals surface area contributed by atoms with E-state index in [0.717, 1.165) is 12.8 Å². The van der Waals surface area contributed by atoms with E-state index in [-0.39, 0.29) is 5.91 Å². The molecule has 4 nitrogen and oxygen atoms in total. The van der Waals surface area contributed by atoms with Gasteiger partial charge >= 0.3 is 5.97 Å². The molecule has 1 amide bonds. The van der Waals surface area contributed by atoms with Crippen LogP contribution in [-0.4, -0.2) is 11.9 Å². The monoisotopic (exact) mass is 201 g/mol. The average molecular weight is 201 g/mol. The zero-order valence-electron chi connectivity index (χ0n) is 9.35. The number of carbonyl (C=O) groups excluding carboxylic acids is 2. The van der Waals surface area contributed by atoms with E-state index in [1.807, 2.05) is 6.92 Å². The molecule has 0 aromatic heterocycles. The molecule has 0 aliphatic heterocycles. The fraction of sp³-hybridized carbons (Fsp3) is 0.800. The van der Waals surface area contributed by atoms with Crippen LogP contribution >= 0.6 is 0 Å². The maximum absolute atomic E-state index is 11.2. The van der Waals surface area contributed by atoms with Gasteiger partial charge in [0.1, 0.15) is 0 Å². The van der Waals surface area contributed by atoms with Crippen LogP contribution in [0.3, 0.4) is 0 Å². The van der Waals surface area contributed by atoms with Crippen LogP contribution < -0.4 is 5.48 Å². The summed E-state index contributed by atoms with van der Waals surface area (Å²) in [6, 6.07) is 0. The highest BCUT2D eigenvalue weighted by Crippen LogP contribution is 2.14. The highest BCUT2D eigenvalue weighted by molar-refractivity contribution is 5.79. The first-order valence-electron chi connectivity index (χ1n) is 4.88. The molecule has 82 valence electrons. The van der Waals surface area contributed by atoms with Gasteiger partial charge in [0, 0.05) is 6.42 Å². The highest BCUT2D eigenvalue weighted by atomic mass is 16.7. The lowest BCUT2D eigenvalue weighted by molar-refractivity contribution is -0.166. The van der Waals surface area contributed by atoms with Crippen molar-refractivity contribution < 1.29 is 14.4 Å². The Balaban J connectivity index is 3.73. The van der Waals surface area contributed by atoms with Gasteiger partial charge in [-0.25, -0.2) is 4.79 Å². The molecule has 0 atom stereocenters. The van der Waals surface area contributed by atoms with Crippen LogP contribution in [0.25, 0.3) is 0 Å². The van der Waals surface area contributed by atoms with Gasteiger partial charge in [0.25, 0.3) is 5.91 Å². The fourth-order valence-electron chi connectivity index (χ4n) is 0.645. The summed E-state index contributed by atoms with van der Waals surface area (Å²) in [6.45, 7) is 7.18. The van der Waals surface area contributed by atoms with Crippen molar-refractivity contribution in [1.82, 2.24) is 5.48 Å². The molecule has 0 aromatic carbocycles. The maximum Gasteiger partial charge on any atom is 0.337 e. The van der Waals surface area contributed by atoms with Gasteiger partial charge in [0.05, 0.1) is 5.41 Å². The molecule has 0 spiro atoms. The Labute approximate surface area is 85.0 Å². The number of hydroxylamine groups is 1. The van der Waals surface area contributed by atoms with Crippen molar-refractivity contribution in [2.75, 3.05) is 0 Å². The molecule has 0 heterocycles. The molecule has 0 unspecified atom stereocenters. The third kappa shape index (κ3) is 5.56. The number of hydrogen-bond donors (Lipinski definition) is 1. The number of unbranched alkanes of at least 4 members (excludes halogenated alkanes) is 1. The summed E-state index contributed by atoms with van der Waals surface area (Å²) >= 11 is 0. The zero-order chi connectivity index (χ0) is 11.2. The second-order valence-electron chi connectivity index (χ2n) is 4.27. The Kier molecular flexibility index (Phi) is 5.20. The van der Waals surface area contributed by atoms with Crippen molar-refractivity contribution in [3.05, 3.63) is 0 Å². The topological polar surface area (TPSA) is 55.4 Å². The molecule has 0 fully saturated rings. The van der Waals surface area contributed by atoms with Gasteiger partial charge in [0.2, 0.25) is 0 Å². The molecular weight excluding hydrogens is 182 g/mol. The molecule has 4 heteroatoms. The van der Waals surface area contributed by atoms with E-state index in [0.29, 0.717) is 6.42 Å². The Morgan fingerprint density at radius 3 is 2.29 bits per heavy atom. The van der Waals surface area contributed by atoms with Crippen LogP contribution in [-0.2, 0) is 14.4 Å². The lowest BCUT2D eigenvalue weighted by Crippen LogP contribution is -2.33. The minimum absolute atomic E-state index is 0.246. The number of hydrogen-bond acceptors (Lipinski definition) is 3. The van der Waals surface area contributed by atoms with Gasteiger partial charge in [0.15, 0.2) is 0 Å². The SMILES string of the molecule is CCCCC(=O)NOC(=O)C(C)(C)C. The Bertz CT molecular complexity index is 206. The summed E-state index contributed by atoms with van der Waals surface area (Å²) in [5, 5.41) is 0. The molecule has 0 aliphatic rings. The molecule has 14 heavy (non-hydrogen) atoms. The molecule has 0 aromatic rings. The van der Waals surface area contributed by atoms with Crippen molar-refractivity contribution in [1.29, 1.82) is 0 Å². The normalized spacial score (nSPS) is 10.9. The lowest BCUT2D eigenvalue weighted by Gasteiger charge is -2.15. The third-order valence-corrected chi connectivity index (χ3v) is 1.63. The van der Waals surface area contributed by atoms with E-state index in [9.17, 15) is 9.59 Å². The Hall–Kier alpha value is -1.06. The standard InChI is InChI=1S/C10H19NO3/c1-5-6-7-8(12)11-14-9(13)10(2,3)4/h5-7H2,1-4H3,(H,11,12). The largest absolute Gasteiger partial charge is 0.340 e. The van der Waals surface area contributed by atoms with Gasteiger partial charge in [-0.15, -0.1) is 0 Å². The molecule has 0 aliphatic carbocycles. The molecule has 0 saturated carbocycles. The van der Waals surface area contributed by atoms with Crippen LogP contribution in [0, 0.1) is 5.41 Å². The van der Waals surface area contributed by atoms with Gasteiger partial charge in [-0.1, -0.05) is 13.3 Å². The lowest BCUT2D eigenvalue weighted by atomic mass is 9.98. The molecule has 0 rings (SSSR count). The smallest absolute Gasteiger partial charge is 0.337 e. The first-order valence-corrected chi connectivity index (χ1v) is 4.88. The molecule has 1 N–H and O–H groups in total. The summed E-state index contributed by atoms with van der Waals surface area (Å²) in [7, 11) is 0. The first-order chi connectivity index (χ1) is 6.38. The van der Waals surface area contributed by atoms with Gasteiger partial charge < -0.3 is 4.84 Å². The van der Waals surface area contributed by atoms with Crippen LogP contribution in [0.5, 0.6) is 0 Å². The fourth-order valence-corrected chi connectivity index (χ4v) is 0.645. The number of carbonyl (C=O) groups is 2. The summed E-state index contributed by atoms with van der Waals surface area (Å²) in [4.78, 5) is 26.9. The maximum atomic E-state index is 11.2. The predicted octanol–water partition coefficient (Wildman–Crippen LogP) is 1.80. The van der Waals surface area contributed by atoms with E-state index in [4.69, 9.17) is 0 Å². The highest BCUT2D eigenvalue weighted by Gasteiger charge is 2.24. The van der Waals surface area contributed by atoms with Crippen molar-refractivity contribution in [3.63, 3.8) is 0 Å². The summed E-state index contributed by atoms with van der Waals surface area (Å²) in [5.41, 5.74) is 1.55. The Morgan fingerprint density at radius 2 is 1.86 bits per heavy atom. The minimum Gasteiger partial charge on any atom is -0.340 e. The van der Waals surface area contributed by atoms with E-state index in [2.05, 4.69) is 10.3 Å². The second-order valence-corrected chi connectivity index (χ2v) is 4.27. The van der Waals surface area contributed by atoms with Crippen LogP contribution in [0.1, 0.15) is 47.0 Å².